The van der Waals surface area contributed by atoms with Crippen LogP contribution in [0.25, 0.3) is 11.0 Å². The molecule has 0 radical (unpaired) electrons. The topological polar surface area (TPSA) is 138 Å². The van der Waals surface area contributed by atoms with Crippen LogP contribution in [0.15, 0.2) is 45.6 Å². The number of nitrogens with zero attached hydrogens (tertiary/aromatic N) is 1. The molecule has 1 N–H and O–H groups in total. The Labute approximate surface area is 188 Å². The predicted molar refractivity (Wildman–Crippen MR) is 120 cm³/mol. The van der Waals surface area contributed by atoms with E-state index in [0.717, 1.165) is 5.39 Å². The molecule has 0 atom stereocenters. The van der Waals surface area contributed by atoms with Crippen LogP contribution in [0.4, 0.5) is 11.4 Å². The summed E-state index contributed by atoms with van der Waals surface area (Å²) < 4.78 is 15.5. The molecule has 10 heteroatoms. The molecule has 0 fully saturated rings. The van der Waals surface area contributed by atoms with E-state index in [1.807, 2.05) is 0 Å². The van der Waals surface area contributed by atoms with Gasteiger partial charge in [0.25, 0.3) is 11.6 Å². The third-order valence-electron chi connectivity index (χ3n) is 5.21. The molecule has 172 valence electrons. The van der Waals surface area contributed by atoms with Crippen LogP contribution in [-0.2, 0) is 20.7 Å². The SMILES string of the molecule is COc1ccc2c(C)c(CCC(=O)OCC(=O)Nc3cccc([N+](=O)[O-])c3C)c(=O)oc2c1. The number of hydrogen-bond acceptors (Lipinski definition) is 8. The predicted octanol–water partition coefficient (Wildman–Crippen LogP) is 3.44. The molecule has 10 nitrogen and oxygen atoms in total. The molecule has 0 aliphatic rings. The molecule has 1 heterocycles. The first-order valence-corrected chi connectivity index (χ1v) is 10.0. The summed E-state index contributed by atoms with van der Waals surface area (Å²) in [6, 6.07) is 9.42. The number of nitro benzene ring substituents is 1. The molecule has 3 rings (SSSR count). The van der Waals surface area contributed by atoms with E-state index >= 15 is 0 Å². The van der Waals surface area contributed by atoms with E-state index in [0.29, 0.717) is 28.0 Å². The molecule has 0 aliphatic heterocycles. The number of methoxy groups -OCH3 is 1. The molecule has 1 amide bonds. The number of ether oxygens (including phenoxy) is 2. The Kier molecular flexibility index (Phi) is 7.07. The molecule has 0 aliphatic carbocycles. The van der Waals surface area contributed by atoms with Gasteiger partial charge in [0.15, 0.2) is 6.61 Å². The largest absolute Gasteiger partial charge is 0.497 e. The van der Waals surface area contributed by atoms with Crippen molar-refractivity contribution in [3.63, 3.8) is 0 Å². The molecule has 0 spiro atoms. The zero-order chi connectivity index (χ0) is 24.1. The molecule has 2 aromatic carbocycles. The summed E-state index contributed by atoms with van der Waals surface area (Å²) in [6.07, 6.45) is -0.0447. The van der Waals surface area contributed by atoms with Gasteiger partial charge < -0.3 is 19.2 Å². The molecule has 0 saturated carbocycles. The van der Waals surface area contributed by atoms with Crippen LogP contribution >= 0.6 is 0 Å². The lowest BCUT2D eigenvalue weighted by molar-refractivity contribution is -0.385. The van der Waals surface area contributed by atoms with Gasteiger partial charge in [0.1, 0.15) is 11.3 Å². The molecule has 0 unspecified atom stereocenters. The second-order valence-electron chi connectivity index (χ2n) is 7.27. The summed E-state index contributed by atoms with van der Waals surface area (Å²) in [7, 11) is 1.51. The van der Waals surface area contributed by atoms with Gasteiger partial charge in [-0.05, 0) is 44.0 Å². The van der Waals surface area contributed by atoms with Gasteiger partial charge in [0.05, 0.1) is 23.3 Å². The van der Waals surface area contributed by atoms with Crippen molar-refractivity contribution in [2.24, 2.45) is 0 Å². The second-order valence-corrected chi connectivity index (χ2v) is 7.27. The van der Waals surface area contributed by atoms with Crippen molar-refractivity contribution >= 4 is 34.2 Å². The third-order valence-corrected chi connectivity index (χ3v) is 5.21. The number of amides is 1. The third kappa shape index (κ3) is 5.35. The van der Waals surface area contributed by atoms with E-state index in [9.17, 15) is 24.5 Å². The van der Waals surface area contributed by atoms with Crippen LogP contribution in [0.5, 0.6) is 5.75 Å². The number of fused-ring (bicyclic) bond motifs is 1. The maximum atomic E-state index is 12.4. The average molecular weight is 454 g/mol. The number of nitro groups is 1. The zero-order valence-electron chi connectivity index (χ0n) is 18.3. The number of nitrogens with one attached hydrogen (secondary N) is 1. The van der Waals surface area contributed by atoms with Crippen molar-refractivity contribution in [3.05, 3.63) is 73.6 Å². The lowest BCUT2D eigenvalue weighted by atomic mass is 10.0. The van der Waals surface area contributed by atoms with Crippen LogP contribution < -0.4 is 15.7 Å². The maximum Gasteiger partial charge on any atom is 0.339 e. The van der Waals surface area contributed by atoms with Crippen molar-refractivity contribution < 1.29 is 28.4 Å². The lowest BCUT2D eigenvalue weighted by Crippen LogP contribution is -2.22. The molecule has 3 aromatic rings. The highest BCUT2D eigenvalue weighted by atomic mass is 16.6. The van der Waals surface area contributed by atoms with Gasteiger partial charge in [-0.25, -0.2) is 4.79 Å². The number of rotatable bonds is 8. The van der Waals surface area contributed by atoms with Gasteiger partial charge in [-0.3, -0.25) is 19.7 Å². The second kappa shape index (κ2) is 9.94. The standard InChI is InChI=1S/C23H22N2O8/c1-13-16-8-7-15(31-3)11-20(16)33-23(28)17(13)9-10-22(27)32-12-21(26)24-18-5-4-6-19(14(18)2)25(29)30/h4-8,11H,9-10,12H2,1-3H3,(H,24,26). The zero-order valence-corrected chi connectivity index (χ0v) is 18.3. The minimum Gasteiger partial charge on any atom is -0.497 e. The first-order chi connectivity index (χ1) is 15.7. The summed E-state index contributed by atoms with van der Waals surface area (Å²) in [4.78, 5) is 47.0. The first-order valence-electron chi connectivity index (χ1n) is 10.0. The Morgan fingerprint density at radius 1 is 1.15 bits per heavy atom. The number of carbonyl (C=O) groups is 2. The summed E-state index contributed by atoms with van der Waals surface area (Å²) >= 11 is 0. The lowest BCUT2D eigenvalue weighted by Gasteiger charge is -2.10. The van der Waals surface area contributed by atoms with Crippen LogP contribution in [0.1, 0.15) is 23.1 Å². The van der Waals surface area contributed by atoms with Gasteiger partial charge in [0, 0.05) is 29.5 Å². The van der Waals surface area contributed by atoms with E-state index in [4.69, 9.17) is 13.9 Å². The van der Waals surface area contributed by atoms with Crippen molar-refractivity contribution in [3.8, 4) is 5.75 Å². The summed E-state index contributed by atoms with van der Waals surface area (Å²) in [5, 5.41) is 14.2. The van der Waals surface area contributed by atoms with Gasteiger partial charge in [0.2, 0.25) is 0 Å². The van der Waals surface area contributed by atoms with Gasteiger partial charge >= 0.3 is 11.6 Å². The highest BCUT2D eigenvalue weighted by Gasteiger charge is 2.17. The Bertz CT molecular complexity index is 1300. The first kappa shape index (κ1) is 23.5. The number of aryl methyl sites for hydroxylation is 1. The quantitative estimate of drug-likeness (QED) is 0.236. The van der Waals surface area contributed by atoms with Crippen molar-refractivity contribution in [1.82, 2.24) is 0 Å². The molecule has 33 heavy (non-hydrogen) atoms. The fraction of sp³-hybridized carbons (Fsp3) is 0.261. The monoisotopic (exact) mass is 454 g/mol. The summed E-state index contributed by atoms with van der Waals surface area (Å²) in [5.41, 5.74) is 1.28. The highest BCUT2D eigenvalue weighted by molar-refractivity contribution is 5.94. The van der Waals surface area contributed by atoms with Gasteiger partial charge in [-0.15, -0.1) is 0 Å². The van der Waals surface area contributed by atoms with E-state index in [-0.39, 0.29) is 24.2 Å². The smallest absolute Gasteiger partial charge is 0.339 e. The Balaban J connectivity index is 1.59. The molecule has 1 aromatic heterocycles. The van der Waals surface area contributed by atoms with E-state index in [1.165, 1.54) is 32.2 Å². The maximum absolute atomic E-state index is 12.4. The van der Waals surface area contributed by atoms with Crippen LogP contribution in [0.2, 0.25) is 0 Å². The Morgan fingerprint density at radius 2 is 1.91 bits per heavy atom. The highest BCUT2D eigenvalue weighted by Crippen LogP contribution is 2.26. The van der Waals surface area contributed by atoms with Crippen LogP contribution in [0, 0.1) is 24.0 Å². The number of carbonyl (C=O) groups excluding carboxylic acids is 2. The molecular formula is C23H22N2O8. The summed E-state index contributed by atoms with van der Waals surface area (Å²) in [6.45, 7) is 2.71. The number of esters is 1. The molecule has 0 saturated heterocycles. The van der Waals surface area contributed by atoms with Gasteiger partial charge in [-0.1, -0.05) is 6.07 Å². The Morgan fingerprint density at radius 3 is 2.61 bits per heavy atom. The molecule has 0 bridgehead atoms. The van der Waals surface area contributed by atoms with Crippen LogP contribution in [0.3, 0.4) is 0 Å². The number of benzene rings is 2. The fourth-order valence-corrected chi connectivity index (χ4v) is 3.38. The van der Waals surface area contributed by atoms with Crippen LogP contribution in [-0.4, -0.2) is 30.5 Å². The van der Waals surface area contributed by atoms with E-state index in [2.05, 4.69) is 5.32 Å². The van der Waals surface area contributed by atoms with E-state index in [1.54, 1.807) is 25.1 Å². The fourth-order valence-electron chi connectivity index (χ4n) is 3.38. The van der Waals surface area contributed by atoms with E-state index < -0.39 is 29.0 Å². The molecular weight excluding hydrogens is 432 g/mol. The average Bonchev–Trinajstić information content (AvgIpc) is 2.78. The number of anilines is 1. The van der Waals surface area contributed by atoms with Gasteiger partial charge in [-0.2, -0.15) is 0 Å². The summed E-state index contributed by atoms with van der Waals surface area (Å²) in [5.74, 6) is -0.753. The van der Waals surface area contributed by atoms with Crippen molar-refractivity contribution in [2.75, 3.05) is 19.0 Å². The number of hydrogen-bond donors (Lipinski definition) is 1. The normalized spacial score (nSPS) is 10.6. The van der Waals surface area contributed by atoms with Crippen molar-refractivity contribution in [1.29, 1.82) is 0 Å². The minimum absolute atomic E-state index is 0.0839. The Hall–Kier alpha value is -4.21. The minimum atomic E-state index is -0.672. The van der Waals surface area contributed by atoms with Crippen molar-refractivity contribution in [2.45, 2.75) is 26.7 Å².